The summed E-state index contributed by atoms with van der Waals surface area (Å²) in [5.74, 6) is -1.20. The number of hydrogen-bond acceptors (Lipinski definition) is 6. The van der Waals surface area contributed by atoms with Gasteiger partial charge in [0.15, 0.2) is 0 Å². The van der Waals surface area contributed by atoms with Gasteiger partial charge in [-0.05, 0) is 47.8 Å². The quantitative estimate of drug-likeness (QED) is 0.313. The summed E-state index contributed by atoms with van der Waals surface area (Å²) in [6.07, 6.45) is 5.88. The number of ether oxygens (including phenoxy) is 1. The van der Waals surface area contributed by atoms with Gasteiger partial charge in [-0.3, -0.25) is 0 Å². The van der Waals surface area contributed by atoms with E-state index in [0.717, 1.165) is 40.4 Å². The van der Waals surface area contributed by atoms with Crippen LogP contribution in [0.3, 0.4) is 0 Å². The van der Waals surface area contributed by atoms with Crippen LogP contribution in [0.2, 0.25) is 0 Å². The molecule has 2 N–H and O–H groups in total. The Morgan fingerprint density at radius 3 is 2.54 bits per heavy atom. The fourth-order valence-electron chi connectivity index (χ4n) is 4.22. The number of nitrogens with one attached hydrogen (secondary N) is 1. The summed E-state index contributed by atoms with van der Waals surface area (Å²) < 4.78 is 22.3. The Labute approximate surface area is 213 Å². The maximum absolute atomic E-state index is 14.1. The van der Waals surface area contributed by atoms with Crippen molar-refractivity contribution in [1.29, 1.82) is 0 Å². The van der Waals surface area contributed by atoms with Crippen LogP contribution in [0.4, 0.5) is 10.1 Å². The highest BCUT2D eigenvalue weighted by Gasteiger charge is 2.26. The molecule has 0 fully saturated rings. The molecule has 0 amide bonds. The van der Waals surface area contributed by atoms with E-state index in [-0.39, 0.29) is 5.75 Å². The van der Waals surface area contributed by atoms with Gasteiger partial charge in [0.1, 0.15) is 21.6 Å². The SMILES string of the molecule is COc1cc(C(=O)O)c(F)cc1NSc1csc(-c2ccc(C3=CCC(C(C)(C)C)CC3)cc2)n1. The van der Waals surface area contributed by atoms with Crippen molar-refractivity contribution in [2.24, 2.45) is 11.3 Å². The van der Waals surface area contributed by atoms with Crippen LogP contribution in [0.1, 0.15) is 56.0 Å². The van der Waals surface area contributed by atoms with Gasteiger partial charge in [0.05, 0.1) is 18.4 Å². The predicted octanol–water partition coefficient (Wildman–Crippen LogP) is 8.00. The maximum atomic E-state index is 14.1. The molecule has 2 aromatic carbocycles. The van der Waals surface area contributed by atoms with Gasteiger partial charge < -0.3 is 14.6 Å². The number of rotatable bonds is 7. The third-order valence-electron chi connectivity index (χ3n) is 6.41. The molecule has 1 aliphatic carbocycles. The van der Waals surface area contributed by atoms with Crippen molar-refractivity contribution >= 4 is 40.5 Å². The van der Waals surface area contributed by atoms with Crippen LogP contribution in [0.25, 0.3) is 16.1 Å². The number of carboxylic acids is 1. The molecule has 3 aromatic rings. The zero-order valence-corrected chi connectivity index (χ0v) is 21.9. The Bertz CT molecular complexity index is 1250. The molecular formula is C27H29FN2O3S2. The molecule has 1 atom stereocenters. The summed E-state index contributed by atoms with van der Waals surface area (Å²) in [4.78, 5) is 15.8. The van der Waals surface area contributed by atoms with Crippen molar-refractivity contribution in [1.82, 2.24) is 4.98 Å². The van der Waals surface area contributed by atoms with Crippen LogP contribution in [-0.4, -0.2) is 23.2 Å². The lowest BCUT2D eigenvalue weighted by Crippen LogP contribution is -2.21. The summed E-state index contributed by atoms with van der Waals surface area (Å²) >= 11 is 2.75. The van der Waals surface area contributed by atoms with E-state index < -0.39 is 17.3 Å². The van der Waals surface area contributed by atoms with Gasteiger partial charge in [0, 0.05) is 29.0 Å². The van der Waals surface area contributed by atoms with Crippen molar-refractivity contribution < 1.29 is 19.0 Å². The fraction of sp³-hybridized carbons (Fsp3) is 0.333. The second-order valence-electron chi connectivity index (χ2n) is 9.68. The number of allylic oxidation sites excluding steroid dienone is 2. The van der Waals surface area contributed by atoms with Gasteiger partial charge >= 0.3 is 5.97 Å². The van der Waals surface area contributed by atoms with Gasteiger partial charge in [-0.1, -0.05) is 51.1 Å². The molecule has 1 aromatic heterocycles. The highest BCUT2D eigenvalue weighted by Crippen LogP contribution is 2.40. The molecule has 0 aliphatic heterocycles. The van der Waals surface area contributed by atoms with Crippen LogP contribution >= 0.6 is 23.3 Å². The lowest BCUT2D eigenvalue weighted by atomic mass is 9.72. The van der Waals surface area contributed by atoms with E-state index in [0.29, 0.717) is 11.1 Å². The third kappa shape index (κ3) is 5.87. The Morgan fingerprint density at radius 2 is 1.94 bits per heavy atom. The normalized spacial score (nSPS) is 16.0. The number of thiazole rings is 1. The minimum Gasteiger partial charge on any atom is -0.495 e. The number of anilines is 1. The first-order chi connectivity index (χ1) is 16.7. The standard InChI is InChI=1S/C27H29FN2O3S2/c1-27(2,3)19-11-9-17(10-12-19)16-5-7-18(8-6-16)25-29-24(15-34-25)35-30-22-14-21(28)20(26(31)32)13-23(22)33-4/h5-9,13-15,19,30H,10-12H2,1-4H3,(H,31,32). The first-order valence-electron chi connectivity index (χ1n) is 11.4. The van der Waals surface area contributed by atoms with E-state index in [1.165, 1.54) is 54.0 Å². The molecule has 5 nitrogen and oxygen atoms in total. The van der Waals surface area contributed by atoms with Crippen molar-refractivity contribution in [2.75, 3.05) is 11.8 Å². The number of hydrogen-bond donors (Lipinski definition) is 2. The fourth-order valence-corrected chi connectivity index (χ4v) is 5.82. The van der Waals surface area contributed by atoms with E-state index in [9.17, 15) is 9.18 Å². The summed E-state index contributed by atoms with van der Waals surface area (Å²) in [5, 5.41) is 12.6. The second-order valence-corrected chi connectivity index (χ2v) is 11.4. The molecule has 35 heavy (non-hydrogen) atoms. The number of carboxylic acid groups (broad SMARTS) is 1. The Morgan fingerprint density at radius 1 is 1.23 bits per heavy atom. The van der Waals surface area contributed by atoms with Crippen LogP contribution in [-0.2, 0) is 0 Å². The molecule has 0 radical (unpaired) electrons. The van der Waals surface area contributed by atoms with Crippen molar-refractivity contribution in [3.05, 3.63) is 64.8 Å². The monoisotopic (exact) mass is 512 g/mol. The molecule has 184 valence electrons. The van der Waals surface area contributed by atoms with Gasteiger partial charge in [-0.25, -0.2) is 14.2 Å². The molecule has 0 saturated heterocycles. The third-order valence-corrected chi connectivity index (χ3v) is 8.19. The lowest BCUT2D eigenvalue weighted by molar-refractivity contribution is 0.0691. The molecule has 0 spiro atoms. The Kier molecular flexibility index (Phi) is 7.52. The molecule has 0 bridgehead atoms. The highest BCUT2D eigenvalue weighted by molar-refractivity contribution is 8.00. The number of halogens is 1. The summed E-state index contributed by atoms with van der Waals surface area (Å²) in [6, 6.07) is 10.8. The summed E-state index contributed by atoms with van der Waals surface area (Å²) in [5.41, 5.74) is 3.99. The highest BCUT2D eigenvalue weighted by atomic mass is 32.2. The molecule has 0 saturated carbocycles. The topological polar surface area (TPSA) is 71.5 Å². The van der Waals surface area contributed by atoms with Gasteiger partial charge in [0.25, 0.3) is 0 Å². The summed E-state index contributed by atoms with van der Waals surface area (Å²) in [7, 11) is 1.41. The average molecular weight is 513 g/mol. The molecule has 1 aliphatic rings. The predicted molar refractivity (Wildman–Crippen MR) is 142 cm³/mol. The van der Waals surface area contributed by atoms with Gasteiger partial charge in [-0.2, -0.15) is 0 Å². The number of benzene rings is 2. The number of aromatic nitrogens is 1. The molecule has 4 rings (SSSR count). The Hall–Kier alpha value is -2.84. The molecule has 1 unspecified atom stereocenters. The lowest BCUT2D eigenvalue weighted by Gasteiger charge is -2.33. The average Bonchev–Trinajstić information content (AvgIpc) is 3.31. The largest absolute Gasteiger partial charge is 0.495 e. The summed E-state index contributed by atoms with van der Waals surface area (Å²) in [6.45, 7) is 6.97. The minimum absolute atomic E-state index is 0.244. The number of methoxy groups -OCH3 is 1. The first kappa shape index (κ1) is 25.3. The second kappa shape index (κ2) is 10.4. The molecular weight excluding hydrogens is 483 g/mol. The molecule has 8 heteroatoms. The molecule has 1 heterocycles. The van der Waals surface area contributed by atoms with Crippen molar-refractivity contribution in [3.63, 3.8) is 0 Å². The number of nitrogens with zero attached hydrogens (tertiary/aromatic N) is 1. The zero-order valence-electron chi connectivity index (χ0n) is 20.2. The van der Waals surface area contributed by atoms with E-state index in [2.05, 4.69) is 60.8 Å². The van der Waals surface area contributed by atoms with Crippen molar-refractivity contribution in [3.8, 4) is 16.3 Å². The zero-order chi connectivity index (χ0) is 25.2. The first-order valence-corrected chi connectivity index (χ1v) is 13.1. The maximum Gasteiger partial charge on any atom is 0.338 e. The van der Waals surface area contributed by atoms with Crippen molar-refractivity contribution in [2.45, 2.75) is 45.1 Å². The van der Waals surface area contributed by atoms with E-state index in [1.807, 2.05) is 5.38 Å². The Balaban J connectivity index is 1.42. The smallest absolute Gasteiger partial charge is 0.338 e. The van der Waals surface area contributed by atoms with E-state index >= 15 is 0 Å². The van der Waals surface area contributed by atoms with Gasteiger partial charge in [-0.15, -0.1) is 11.3 Å². The van der Waals surface area contributed by atoms with Crippen LogP contribution < -0.4 is 9.46 Å². The van der Waals surface area contributed by atoms with Crippen LogP contribution in [0.5, 0.6) is 5.75 Å². The van der Waals surface area contributed by atoms with Crippen LogP contribution in [0.15, 0.2) is 52.9 Å². The van der Waals surface area contributed by atoms with Crippen LogP contribution in [0, 0.1) is 17.2 Å². The minimum atomic E-state index is -1.34. The number of carbonyl (C=O) groups is 1. The number of aromatic carboxylic acids is 1. The van der Waals surface area contributed by atoms with Gasteiger partial charge in [0.2, 0.25) is 0 Å². The van der Waals surface area contributed by atoms with E-state index in [1.54, 1.807) is 0 Å². The van der Waals surface area contributed by atoms with E-state index in [4.69, 9.17) is 9.84 Å².